The molecule has 0 spiro atoms. The van der Waals surface area contributed by atoms with Gasteiger partial charge in [0.2, 0.25) is 0 Å². The maximum atomic E-state index is 12.2. The van der Waals surface area contributed by atoms with Crippen molar-refractivity contribution in [2.75, 3.05) is 12.3 Å². The summed E-state index contributed by atoms with van der Waals surface area (Å²) in [4.78, 5) is 0.525. The minimum absolute atomic E-state index is 0.0184. The molecule has 1 heterocycles. The Morgan fingerprint density at radius 3 is 2.48 bits per heavy atom. The Labute approximate surface area is 128 Å². The number of nitrogens with one attached hydrogen (secondary N) is 1. The first-order valence-electron chi connectivity index (χ1n) is 8.15. The van der Waals surface area contributed by atoms with Crippen LogP contribution < -0.4 is 5.32 Å². The van der Waals surface area contributed by atoms with Gasteiger partial charge in [0.1, 0.15) is 0 Å². The highest BCUT2D eigenvalue weighted by molar-refractivity contribution is 7.91. The molecule has 116 valence electrons. The number of rotatable bonds is 4. The smallest absolute Gasteiger partial charge is 0.180 e. The third-order valence-corrected chi connectivity index (χ3v) is 7.03. The van der Waals surface area contributed by atoms with Crippen LogP contribution in [0.5, 0.6) is 0 Å². The van der Waals surface area contributed by atoms with Crippen molar-refractivity contribution >= 4 is 9.84 Å². The van der Waals surface area contributed by atoms with E-state index in [-0.39, 0.29) is 11.8 Å². The van der Waals surface area contributed by atoms with Crippen molar-refractivity contribution in [2.24, 2.45) is 11.8 Å². The van der Waals surface area contributed by atoms with E-state index in [2.05, 4.69) is 12.2 Å². The van der Waals surface area contributed by atoms with Crippen LogP contribution in [0, 0.1) is 11.8 Å². The number of hydrogen-bond donors (Lipinski definition) is 1. The topological polar surface area (TPSA) is 46.2 Å². The van der Waals surface area contributed by atoms with Crippen LogP contribution in [0.4, 0.5) is 0 Å². The van der Waals surface area contributed by atoms with E-state index >= 15 is 0 Å². The van der Waals surface area contributed by atoms with Crippen LogP contribution in [0.2, 0.25) is 0 Å². The summed E-state index contributed by atoms with van der Waals surface area (Å²) in [6.07, 6.45) is 6.54. The van der Waals surface area contributed by atoms with Gasteiger partial charge in [0.15, 0.2) is 9.84 Å². The molecule has 1 aromatic rings. The van der Waals surface area contributed by atoms with Crippen molar-refractivity contribution in [2.45, 2.75) is 50.0 Å². The molecule has 3 rings (SSSR count). The van der Waals surface area contributed by atoms with E-state index in [1.165, 1.54) is 32.1 Å². The lowest BCUT2D eigenvalue weighted by molar-refractivity contribution is 0.258. The molecular weight excluding hydrogens is 282 g/mol. The van der Waals surface area contributed by atoms with Crippen molar-refractivity contribution in [1.29, 1.82) is 0 Å². The number of hydrogen-bond acceptors (Lipinski definition) is 3. The maximum Gasteiger partial charge on any atom is 0.180 e. The molecule has 1 aliphatic heterocycles. The van der Waals surface area contributed by atoms with Gasteiger partial charge in [-0.25, -0.2) is 8.42 Å². The van der Waals surface area contributed by atoms with Gasteiger partial charge in [-0.05, 0) is 42.9 Å². The van der Waals surface area contributed by atoms with Gasteiger partial charge in [-0.1, -0.05) is 44.4 Å². The average Bonchev–Trinajstić information content (AvgIpc) is 2.77. The van der Waals surface area contributed by atoms with Gasteiger partial charge in [0.25, 0.3) is 0 Å². The van der Waals surface area contributed by atoms with Gasteiger partial charge in [0.05, 0.1) is 10.6 Å². The lowest BCUT2D eigenvalue weighted by Gasteiger charge is -2.28. The van der Waals surface area contributed by atoms with Crippen LogP contribution in [0.3, 0.4) is 0 Å². The highest BCUT2D eigenvalue weighted by atomic mass is 32.2. The van der Waals surface area contributed by atoms with Gasteiger partial charge < -0.3 is 5.32 Å². The third-order valence-electron chi connectivity index (χ3n) is 5.21. The molecule has 0 saturated heterocycles. The Hall–Kier alpha value is -0.870. The summed E-state index contributed by atoms with van der Waals surface area (Å²) in [7, 11) is -3.08. The maximum absolute atomic E-state index is 12.2. The Kier molecular flexibility index (Phi) is 4.36. The molecule has 0 amide bonds. The lowest BCUT2D eigenvalue weighted by Crippen LogP contribution is -2.30. The van der Waals surface area contributed by atoms with E-state index in [1.54, 1.807) is 6.07 Å². The van der Waals surface area contributed by atoms with Crippen molar-refractivity contribution in [3.05, 3.63) is 29.8 Å². The minimum Gasteiger partial charge on any atom is -0.309 e. The zero-order valence-electron chi connectivity index (χ0n) is 12.7. The van der Waals surface area contributed by atoms with E-state index in [1.807, 2.05) is 18.2 Å². The second kappa shape index (κ2) is 6.09. The predicted octanol–water partition coefficient (Wildman–Crippen LogP) is 3.32. The van der Waals surface area contributed by atoms with E-state index in [4.69, 9.17) is 0 Å². The van der Waals surface area contributed by atoms with Gasteiger partial charge in [-0.2, -0.15) is 0 Å². The Bertz CT molecular complexity index is 589. The fourth-order valence-electron chi connectivity index (χ4n) is 3.77. The predicted molar refractivity (Wildman–Crippen MR) is 85.0 cm³/mol. The van der Waals surface area contributed by atoms with Crippen LogP contribution >= 0.6 is 0 Å². The monoisotopic (exact) mass is 307 g/mol. The Morgan fingerprint density at radius 2 is 1.76 bits per heavy atom. The zero-order chi connectivity index (χ0) is 14.9. The first kappa shape index (κ1) is 15.0. The fraction of sp³-hybridized carbons (Fsp3) is 0.647. The third kappa shape index (κ3) is 3.16. The molecule has 3 nitrogen and oxygen atoms in total. The van der Waals surface area contributed by atoms with Crippen molar-refractivity contribution in [1.82, 2.24) is 5.32 Å². The Balaban J connectivity index is 1.60. The van der Waals surface area contributed by atoms with Crippen LogP contribution in [-0.2, 0) is 9.84 Å². The van der Waals surface area contributed by atoms with Crippen LogP contribution in [0.25, 0.3) is 0 Å². The average molecular weight is 307 g/mol. The summed E-state index contributed by atoms with van der Waals surface area (Å²) in [5, 5.41) is 3.52. The van der Waals surface area contributed by atoms with Crippen molar-refractivity contribution in [3.8, 4) is 0 Å². The molecule has 0 aromatic heterocycles. The van der Waals surface area contributed by atoms with E-state index in [0.717, 1.165) is 18.0 Å². The quantitative estimate of drug-likeness (QED) is 0.928. The van der Waals surface area contributed by atoms with Crippen molar-refractivity contribution < 1.29 is 8.42 Å². The first-order valence-corrected chi connectivity index (χ1v) is 9.80. The Morgan fingerprint density at radius 1 is 1.10 bits per heavy atom. The van der Waals surface area contributed by atoms with Crippen LogP contribution in [0.15, 0.2) is 29.2 Å². The SMILES string of the molecule is CCC1CCC(CNC2CS(=O)(=O)c3ccccc32)CC1. The largest absolute Gasteiger partial charge is 0.309 e. The van der Waals surface area contributed by atoms with Crippen molar-refractivity contribution in [3.63, 3.8) is 0 Å². The molecule has 1 aliphatic carbocycles. The lowest BCUT2D eigenvalue weighted by atomic mass is 9.81. The molecule has 0 bridgehead atoms. The molecule has 1 fully saturated rings. The summed E-state index contributed by atoms with van der Waals surface area (Å²) in [5.41, 5.74) is 0.958. The molecule has 21 heavy (non-hydrogen) atoms. The summed E-state index contributed by atoms with van der Waals surface area (Å²) in [6.45, 7) is 3.23. The number of fused-ring (bicyclic) bond motifs is 1. The van der Waals surface area contributed by atoms with Gasteiger partial charge in [0, 0.05) is 6.04 Å². The highest BCUT2D eigenvalue weighted by Crippen LogP contribution is 2.34. The molecule has 0 radical (unpaired) electrons. The molecular formula is C17H25NO2S. The van der Waals surface area contributed by atoms with Crippen LogP contribution in [0.1, 0.15) is 50.6 Å². The second-order valence-corrected chi connectivity index (χ2v) is 8.58. The first-order chi connectivity index (χ1) is 10.1. The molecule has 1 atom stereocenters. The standard InChI is InChI=1S/C17H25NO2S/c1-2-13-7-9-14(10-8-13)11-18-16-12-21(19,20)17-6-4-3-5-15(16)17/h3-6,13-14,16,18H,2,7-12H2,1H3. The second-order valence-electron chi connectivity index (χ2n) is 6.58. The number of benzene rings is 1. The summed E-state index contributed by atoms with van der Waals surface area (Å²) < 4.78 is 24.3. The number of sulfone groups is 1. The summed E-state index contributed by atoms with van der Waals surface area (Å²) in [6, 6.07) is 7.41. The molecule has 1 N–H and O–H groups in total. The highest BCUT2D eigenvalue weighted by Gasteiger charge is 2.34. The van der Waals surface area contributed by atoms with E-state index in [0.29, 0.717) is 10.8 Å². The van der Waals surface area contributed by atoms with Gasteiger partial charge >= 0.3 is 0 Å². The zero-order valence-corrected chi connectivity index (χ0v) is 13.5. The van der Waals surface area contributed by atoms with Gasteiger partial charge in [-0.15, -0.1) is 0 Å². The summed E-state index contributed by atoms with van der Waals surface area (Å²) >= 11 is 0. The molecule has 1 saturated carbocycles. The summed E-state index contributed by atoms with van der Waals surface area (Å²) in [5.74, 6) is 1.84. The fourth-order valence-corrected chi connectivity index (χ4v) is 5.54. The van der Waals surface area contributed by atoms with E-state index < -0.39 is 9.84 Å². The normalized spacial score (nSPS) is 31.0. The molecule has 1 aromatic carbocycles. The molecule has 4 heteroatoms. The molecule has 2 aliphatic rings. The molecule has 1 unspecified atom stereocenters. The van der Waals surface area contributed by atoms with E-state index in [9.17, 15) is 8.42 Å². The van der Waals surface area contributed by atoms with Gasteiger partial charge in [-0.3, -0.25) is 0 Å². The minimum atomic E-state index is -3.08. The van der Waals surface area contributed by atoms with Crippen LogP contribution in [-0.4, -0.2) is 20.7 Å².